The normalized spacial score (nSPS) is 12.2. The van der Waals surface area contributed by atoms with Crippen molar-refractivity contribution in [2.45, 2.75) is 12.6 Å². The number of benzene rings is 1. The maximum atomic E-state index is 12.5. The Balaban J connectivity index is 2.46. The lowest BCUT2D eigenvalue weighted by Gasteiger charge is -2.05. The Bertz CT molecular complexity index is 501. The van der Waals surface area contributed by atoms with Crippen LogP contribution in [0, 0.1) is 0 Å². The van der Waals surface area contributed by atoms with Gasteiger partial charge < -0.3 is 5.73 Å². The molecule has 16 heavy (non-hydrogen) atoms. The molecule has 2 rings (SSSR count). The van der Waals surface area contributed by atoms with Gasteiger partial charge in [-0.25, -0.2) is 0 Å². The summed E-state index contributed by atoms with van der Waals surface area (Å²) in [6.07, 6.45) is -3.56. The van der Waals surface area contributed by atoms with Gasteiger partial charge in [-0.05, 0) is 36.6 Å². The Hall–Kier alpha value is -1.07. The van der Waals surface area contributed by atoms with Gasteiger partial charge in [0, 0.05) is 9.58 Å². The van der Waals surface area contributed by atoms with Gasteiger partial charge in [-0.15, -0.1) is 11.3 Å². The molecule has 0 spiro atoms. The van der Waals surface area contributed by atoms with Crippen LogP contribution in [0.25, 0.3) is 10.1 Å². The fourth-order valence-electron chi connectivity index (χ4n) is 1.53. The first-order chi connectivity index (χ1) is 7.50. The van der Waals surface area contributed by atoms with Crippen molar-refractivity contribution in [2.24, 2.45) is 5.73 Å². The molecule has 0 radical (unpaired) electrons. The van der Waals surface area contributed by atoms with Crippen LogP contribution in [0.4, 0.5) is 13.2 Å². The Labute approximate surface area is 94.7 Å². The number of fused-ring (bicyclic) bond motifs is 1. The molecule has 86 valence electrons. The molecule has 0 atom stereocenters. The predicted molar refractivity (Wildman–Crippen MR) is 59.6 cm³/mol. The van der Waals surface area contributed by atoms with Crippen molar-refractivity contribution in [3.8, 4) is 0 Å². The van der Waals surface area contributed by atoms with E-state index in [1.54, 1.807) is 0 Å². The van der Waals surface area contributed by atoms with Gasteiger partial charge in [0.25, 0.3) is 0 Å². The Morgan fingerprint density at radius 2 is 1.94 bits per heavy atom. The molecule has 0 aliphatic rings. The van der Waals surface area contributed by atoms with Gasteiger partial charge in [-0.2, -0.15) is 13.2 Å². The average molecular weight is 245 g/mol. The van der Waals surface area contributed by atoms with Crippen LogP contribution < -0.4 is 5.73 Å². The zero-order valence-electron chi connectivity index (χ0n) is 8.34. The van der Waals surface area contributed by atoms with Gasteiger partial charge in [-0.3, -0.25) is 0 Å². The summed E-state index contributed by atoms with van der Waals surface area (Å²) in [5, 5.41) is 0.849. The number of nitrogens with two attached hydrogens (primary N) is 1. The monoisotopic (exact) mass is 245 g/mol. The summed E-state index contributed by atoms with van der Waals surface area (Å²) in [5.74, 6) is 0. The van der Waals surface area contributed by atoms with Crippen molar-refractivity contribution >= 4 is 21.4 Å². The minimum atomic E-state index is -4.27. The van der Waals surface area contributed by atoms with Crippen LogP contribution in [0.2, 0.25) is 0 Å². The summed E-state index contributed by atoms with van der Waals surface area (Å²) in [6.45, 7) is 0.513. The van der Waals surface area contributed by atoms with Crippen molar-refractivity contribution in [1.29, 1.82) is 0 Å². The van der Waals surface area contributed by atoms with E-state index in [-0.39, 0.29) is 0 Å². The highest BCUT2D eigenvalue weighted by molar-refractivity contribution is 7.19. The SMILES string of the molecule is NCCc1cc2ccc(C(F)(F)F)cc2s1. The Kier molecular flexibility index (Phi) is 2.90. The summed E-state index contributed by atoms with van der Waals surface area (Å²) < 4.78 is 38.0. The second-order valence-electron chi connectivity index (χ2n) is 3.50. The Morgan fingerprint density at radius 3 is 2.56 bits per heavy atom. The van der Waals surface area contributed by atoms with Gasteiger partial charge in [0.1, 0.15) is 0 Å². The molecule has 0 fully saturated rings. The molecule has 0 aliphatic heterocycles. The molecule has 0 saturated carbocycles. The number of alkyl halides is 3. The lowest BCUT2D eigenvalue weighted by molar-refractivity contribution is -0.137. The molecule has 0 saturated heterocycles. The first-order valence-corrected chi connectivity index (χ1v) is 5.62. The number of hydrogen-bond donors (Lipinski definition) is 1. The van der Waals surface area contributed by atoms with Crippen LogP contribution >= 0.6 is 11.3 Å². The zero-order chi connectivity index (χ0) is 11.8. The zero-order valence-corrected chi connectivity index (χ0v) is 9.16. The summed E-state index contributed by atoms with van der Waals surface area (Å²) >= 11 is 1.37. The minimum Gasteiger partial charge on any atom is -0.330 e. The second-order valence-corrected chi connectivity index (χ2v) is 4.67. The van der Waals surface area contributed by atoms with Crippen molar-refractivity contribution in [2.75, 3.05) is 6.54 Å². The minimum absolute atomic E-state index is 0.513. The maximum absolute atomic E-state index is 12.5. The second kappa shape index (κ2) is 4.07. The molecule has 2 aromatic rings. The highest BCUT2D eigenvalue weighted by Gasteiger charge is 2.30. The fraction of sp³-hybridized carbons (Fsp3) is 0.273. The van der Waals surface area contributed by atoms with Crippen molar-refractivity contribution < 1.29 is 13.2 Å². The van der Waals surface area contributed by atoms with E-state index < -0.39 is 11.7 Å². The van der Waals surface area contributed by atoms with Crippen LogP contribution in [-0.4, -0.2) is 6.54 Å². The number of rotatable bonds is 2. The van der Waals surface area contributed by atoms with Crippen LogP contribution in [0.15, 0.2) is 24.3 Å². The molecule has 1 heterocycles. The highest BCUT2D eigenvalue weighted by atomic mass is 32.1. The third kappa shape index (κ3) is 2.20. The van der Waals surface area contributed by atoms with E-state index in [2.05, 4.69) is 0 Å². The third-order valence-electron chi connectivity index (χ3n) is 2.29. The van der Waals surface area contributed by atoms with E-state index in [4.69, 9.17) is 5.73 Å². The van der Waals surface area contributed by atoms with Crippen molar-refractivity contribution in [1.82, 2.24) is 0 Å². The molecule has 0 amide bonds. The van der Waals surface area contributed by atoms with Crippen LogP contribution in [0.1, 0.15) is 10.4 Å². The molecule has 2 N–H and O–H groups in total. The van der Waals surface area contributed by atoms with Crippen molar-refractivity contribution in [3.63, 3.8) is 0 Å². The number of hydrogen-bond acceptors (Lipinski definition) is 2. The quantitative estimate of drug-likeness (QED) is 0.862. The van der Waals surface area contributed by atoms with E-state index in [1.807, 2.05) is 6.07 Å². The summed E-state index contributed by atoms with van der Waals surface area (Å²) in [7, 11) is 0. The van der Waals surface area contributed by atoms with Crippen LogP contribution in [0.5, 0.6) is 0 Å². The molecular formula is C11H10F3NS. The first-order valence-electron chi connectivity index (χ1n) is 4.80. The number of halogens is 3. The van der Waals surface area contributed by atoms with Gasteiger partial charge in [0.15, 0.2) is 0 Å². The first kappa shape index (κ1) is 11.4. The highest BCUT2D eigenvalue weighted by Crippen LogP contribution is 2.34. The molecular weight excluding hydrogens is 235 g/mol. The van der Waals surface area contributed by atoms with E-state index in [1.165, 1.54) is 23.5 Å². The van der Waals surface area contributed by atoms with E-state index in [0.29, 0.717) is 17.7 Å². The molecule has 0 aliphatic carbocycles. The van der Waals surface area contributed by atoms with E-state index in [9.17, 15) is 13.2 Å². The van der Waals surface area contributed by atoms with Crippen LogP contribution in [-0.2, 0) is 12.6 Å². The largest absolute Gasteiger partial charge is 0.416 e. The van der Waals surface area contributed by atoms with Crippen LogP contribution in [0.3, 0.4) is 0 Å². The Morgan fingerprint density at radius 1 is 1.19 bits per heavy atom. The third-order valence-corrected chi connectivity index (χ3v) is 3.45. The number of thiophene rings is 1. The summed E-state index contributed by atoms with van der Waals surface area (Å²) in [4.78, 5) is 1.02. The summed E-state index contributed by atoms with van der Waals surface area (Å²) in [6, 6.07) is 5.71. The molecule has 0 bridgehead atoms. The van der Waals surface area contributed by atoms with Gasteiger partial charge in [-0.1, -0.05) is 6.07 Å². The van der Waals surface area contributed by atoms with Crippen molar-refractivity contribution in [3.05, 3.63) is 34.7 Å². The molecule has 0 unspecified atom stereocenters. The van der Waals surface area contributed by atoms with Gasteiger partial charge in [0.2, 0.25) is 0 Å². The lowest BCUT2D eigenvalue weighted by Crippen LogP contribution is -2.03. The van der Waals surface area contributed by atoms with Gasteiger partial charge >= 0.3 is 6.18 Å². The smallest absolute Gasteiger partial charge is 0.330 e. The average Bonchev–Trinajstić information content (AvgIpc) is 2.57. The summed E-state index contributed by atoms with van der Waals surface area (Å²) in [5.41, 5.74) is 4.81. The van der Waals surface area contributed by atoms with E-state index in [0.717, 1.165) is 16.3 Å². The predicted octanol–water partition coefficient (Wildman–Crippen LogP) is 3.42. The standard InChI is InChI=1S/C11H10F3NS/c12-11(13,14)8-2-1-7-5-9(3-4-15)16-10(7)6-8/h1-2,5-6H,3-4,15H2. The molecule has 1 aromatic heterocycles. The molecule has 1 nitrogen and oxygen atoms in total. The topological polar surface area (TPSA) is 26.0 Å². The molecule has 5 heteroatoms. The van der Waals surface area contributed by atoms with Gasteiger partial charge in [0.05, 0.1) is 5.56 Å². The fourth-order valence-corrected chi connectivity index (χ4v) is 2.65. The lowest BCUT2D eigenvalue weighted by atomic mass is 10.1. The maximum Gasteiger partial charge on any atom is 0.416 e. The molecule has 1 aromatic carbocycles. The van der Waals surface area contributed by atoms with E-state index >= 15 is 0 Å².